The van der Waals surface area contributed by atoms with Gasteiger partial charge in [-0.15, -0.1) is 0 Å². The van der Waals surface area contributed by atoms with Gasteiger partial charge in [-0.3, -0.25) is 4.79 Å². The zero-order valence-electron chi connectivity index (χ0n) is 10.8. The van der Waals surface area contributed by atoms with Crippen LogP contribution in [0.25, 0.3) is 0 Å². The third kappa shape index (κ3) is 2.26. The molecule has 1 N–H and O–H groups in total. The predicted molar refractivity (Wildman–Crippen MR) is 66.1 cm³/mol. The molecule has 0 bridgehead atoms. The number of hydrogen-bond donors (Lipinski definition) is 1. The molecular formula is C13H17NO4. The molecule has 0 atom stereocenters. The molecule has 0 aromatic heterocycles. The number of benzene rings is 1. The zero-order chi connectivity index (χ0) is 13.3. The average molecular weight is 251 g/mol. The van der Waals surface area contributed by atoms with Crippen LogP contribution in [0.1, 0.15) is 17.3 Å². The summed E-state index contributed by atoms with van der Waals surface area (Å²) in [5.41, 5.74) is -0.325. The number of nitrogens with zero attached hydrogens (tertiary/aromatic N) is 1. The van der Waals surface area contributed by atoms with Crippen LogP contribution in [0.3, 0.4) is 0 Å². The van der Waals surface area contributed by atoms with Crippen LogP contribution in [0, 0.1) is 0 Å². The number of carbonyl (C=O) groups is 1. The molecule has 18 heavy (non-hydrogen) atoms. The number of methoxy groups -OCH3 is 2. The minimum absolute atomic E-state index is 0.155. The van der Waals surface area contributed by atoms with E-state index in [1.807, 2.05) is 0 Å². The molecular weight excluding hydrogens is 234 g/mol. The van der Waals surface area contributed by atoms with Crippen molar-refractivity contribution in [2.75, 3.05) is 27.3 Å². The lowest BCUT2D eigenvalue weighted by atomic mass is 9.95. The Hall–Kier alpha value is -1.75. The van der Waals surface area contributed by atoms with E-state index in [-0.39, 0.29) is 5.91 Å². The lowest BCUT2D eigenvalue weighted by Crippen LogP contribution is -2.61. The molecule has 0 aliphatic carbocycles. The lowest BCUT2D eigenvalue weighted by molar-refractivity contribution is -0.0669. The van der Waals surface area contributed by atoms with Gasteiger partial charge in [0.05, 0.1) is 38.5 Å². The monoisotopic (exact) mass is 251 g/mol. The standard InChI is InChI=1S/C13H17NO4/c1-13(16)7-14(8-13)12(15)10-6-9(17-2)4-5-11(10)18-3/h4-6,16H,7-8H2,1-3H3. The summed E-state index contributed by atoms with van der Waals surface area (Å²) in [4.78, 5) is 13.8. The second-order valence-electron chi connectivity index (χ2n) is 4.72. The highest BCUT2D eigenvalue weighted by Gasteiger charge is 2.40. The van der Waals surface area contributed by atoms with Crippen LogP contribution < -0.4 is 9.47 Å². The number of rotatable bonds is 3. The molecule has 5 heteroatoms. The van der Waals surface area contributed by atoms with Crippen molar-refractivity contribution in [1.82, 2.24) is 4.90 Å². The molecule has 1 aliphatic heterocycles. The zero-order valence-corrected chi connectivity index (χ0v) is 10.8. The fourth-order valence-electron chi connectivity index (χ4n) is 2.07. The van der Waals surface area contributed by atoms with Crippen molar-refractivity contribution >= 4 is 5.91 Å². The summed E-state index contributed by atoms with van der Waals surface area (Å²) in [7, 11) is 3.06. The second-order valence-corrected chi connectivity index (χ2v) is 4.72. The average Bonchev–Trinajstić information content (AvgIpc) is 2.34. The molecule has 1 aliphatic rings. The first-order valence-corrected chi connectivity index (χ1v) is 5.70. The molecule has 0 radical (unpaired) electrons. The molecule has 2 rings (SSSR count). The van der Waals surface area contributed by atoms with Crippen molar-refractivity contribution in [2.24, 2.45) is 0 Å². The minimum Gasteiger partial charge on any atom is -0.497 e. The van der Waals surface area contributed by atoms with Gasteiger partial charge in [0, 0.05) is 0 Å². The SMILES string of the molecule is COc1ccc(OC)c(C(=O)N2CC(C)(O)C2)c1. The molecule has 0 saturated carbocycles. The summed E-state index contributed by atoms with van der Waals surface area (Å²) >= 11 is 0. The van der Waals surface area contributed by atoms with Crippen molar-refractivity contribution in [2.45, 2.75) is 12.5 Å². The van der Waals surface area contributed by atoms with Crippen LogP contribution in [-0.4, -0.2) is 48.8 Å². The van der Waals surface area contributed by atoms with Gasteiger partial charge in [-0.05, 0) is 25.1 Å². The Balaban J connectivity index is 2.24. The predicted octanol–water partition coefficient (Wildman–Crippen LogP) is 0.911. The number of hydrogen-bond acceptors (Lipinski definition) is 4. The molecule has 1 aromatic rings. The molecule has 1 heterocycles. The van der Waals surface area contributed by atoms with Crippen LogP contribution >= 0.6 is 0 Å². The molecule has 1 amide bonds. The van der Waals surface area contributed by atoms with Gasteiger partial charge in [-0.25, -0.2) is 0 Å². The number of likely N-dealkylation sites (tertiary alicyclic amines) is 1. The fraction of sp³-hybridized carbons (Fsp3) is 0.462. The Kier molecular flexibility index (Phi) is 3.17. The van der Waals surface area contributed by atoms with Gasteiger partial charge in [0.2, 0.25) is 0 Å². The summed E-state index contributed by atoms with van der Waals surface area (Å²) in [6.45, 7) is 2.39. The topological polar surface area (TPSA) is 59.0 Å². The molecule has 1 aromatic carbocycles. The van der Waals surface area contributed by atoms with E-state index in [1.165, 1.54) is 7.11 Å². The number of carbonyl (C=O) groups excluding carboxylic acids is 1. The normalized spacial score (nSPS) is 17.0. The lowest BCUT2D eigenvalue weighted by Gasteiger charge is -2.44. The van der Waals surface area contributed by atoms with Crippen LogP contribution in [-0.2, 0) is 0 Å². The summed E-state index contributed by atoms with van der Waals surface area (Å²) in [6, 6.07) is 5.08. The van der Waals surface area contributed by atoms with Gasteiger partial charge in [0.15, 0.2) is 0 Å². The first-order valence-electron chi connectivity index (χ1n) is 5.70. The van der Waals surface area contributed by atoms with Crippen LogP contribution in [0.4, 0.5) is 0 Å². The summed E-state index contributed by atoms with van der Waals surface area (Å²) in [5, 5.41) is 9.66. The Bertz CT molecular complexity index is 462. The van der Waals surface area contributed by atoms with Gasteiger partial charge in [0.25, 0.3) is 5.91 Å². The number of amides is 1. The highest BCUT2D eigenvalue weighted by atomic mass is 16.5. The Morgan fingerprint density at radius 2 is 2.00 bits per heavy atom. The van der Waals surface area contributed by atoms with Crippen molar-refractivity contribution in [3.05, 3.63) is 23.8 Å². The van der Waals surface area contributed by atoms with Gasteiger partial charge >= 0.3 is 0 Å². The van der Waals surface area contributed by atoms with Gasteiger partial charge in [-0.1, -0.05) is 0 Å². The molecule has 0 spiro atoms. The maximum atomic E-state index is 12.2. The van der Waals surface area contributed by atoms with Gasteiger partial charge in [0.1, 0.15) is 11.5 Å². The number of ether oxygens (including phenoxy) is 2. The Morgan fingerprint density at radius 1 is 1.33 bits per heavy atom. The maximum absolute atomic E-state index is 12.2. The van der Waals surface area contributed by atoms with Crippen molar-refractivity contribution in [1.29, 1.82) is 0 Å². The smallest absolute Gasteiger partial charge is 0.257 e. The fourth-order valence-corrected chi connectivity index (χ4v) is 2.07. The van der Waals surface area contributed by atoms with Crippen LogP contribution in [0.2, 0.25) is 0 Å². The summed E-state index contributed by atoms with van der Waals surface area (Å²) < 4.78 is 10.3. The summed E-state index contributed by atoms with van der Waals surface area (Å²) in [5.74, 6) is 0.955. The first kappa shape index (κ1) is 12.7. The Morgan fingerprint density at radius 3 is 2.50 bits per heavy atom. The van der Waals surface area contributed by atoms with E-state index in [0.29, 0.717) is 30.2 Å². The van der Waals surface area contributed by atoms with E-state index in [0.717, 1.165) is 0 Å². The van der Waals surface area contributed by atoms with E-state index in [9.17, 15) is 9.90 Å². The third-order valence-electron chi connectivity index (χ3n) is 2.99. The Labute approximate surface area is 106 Å². The number of aliphatic hydroxyl groups is 1. The summed E-state index contributed by atoms with van der Waals surface area (Å²) in [6.07, 6.45) is 0. The van der Waals surface area contributed by atoms with Crippen molar-refractivity contribution in [3.8, 4) is 11.5 Å². The van der Waals surface area contributed by atoms with E-state index in [4.69, 9.17) is 9.47 Å². The second kappa shape index (κ2) is 4.49. The maximum Gasteiger partial charge on any atom is 0.257 e. The first-order chi connectivity index (χ1) is 8.46. The highest BCUT2D eigenvalue weighted by molar-refractivity contribution is 5.98. The quantitative estimate of drug-likeness (QED) is 0.867. The molecule has 1 fully saturated rings. The van der Waals surface area contributed by atoms with E-state index in [2.05, 4.69) is 0 Å². The van der Waals surface area contributed by atoms with E-state index < -0.39 is 5.60 Å². The number of β-amino-alcohol motifs (C(OH)–C–C–N with tert-alkyl or cyclic N) is 1. The molecule has 98 valence electrons. The highest BCUT2D eigenvalue weighted by Crippen LogP contribution is 2.29. The van der Waals surface area contributed by atoms with E-state index >= 15 is 0 Å². The molecule has 1 saturated heterocycles. The third-order valence-corrected chi connectivity index (χ3v) is 2.99. The molecule has 5 nitrogen and oxygen atoms in total. The van der Waals surface area contributed by atoms with Gasteiger partial charge in [-0.2, -0.15) is 0 Å². The van der Waals surface area contributed by atoms with Crippen LogP contribution in [0.15, 0.2) is 18.2 Å². The minimum atomic E-state index is -0.776. The van der Waals surface area contributed by atoms with E-state index in [1.54, 1.807) is 37.1 Å². The van der Waals surface area contributed by atoms with Crippen molar-refractivity contribution in [3.63, 3.8) is 0 Å². The largest absolute Gasteiger partial charge is 0.497 e. The van der Waals surface area contributed by atoms with Crippen molar-refractivity contribution < 1.29 is 19.4 Å². The van der Waals surface area contributed by atoms with Gasteiger partial charge < -0.3 is 19.5 Å². The van der Waals surface area contributed by atoms with Crippen LogP contribution in [0.5, 0.6) is 11.5 Å². The molecule has 0 unspecified atom stereocenters.